The summed E-state index contributed by atoms with van der Waals surface area (Å²) in [5, 5.41) is 11.7. The van der Waals surface area contributed by atoms with Crippen LogP contribution in [0.2, 0.25) is 0 Å². The third-order valence-electron chi connectivity index (χ3n) is 7.37. The largest absolute Gasteiger partial charge is 0.307 e. The molecule has 8 rings (SSSR count). The Morgan fingerprint density at radius 1 is 0.500 bits per heavy atom. The Hall–Kier alpha value is -5.62. The molecule has 4 aromatic carbocycles. The van der Waals surface area contributed by atoms with Gasteiger partial charge in [-0.15, -0.1) is 5.10 Å². The van der Waals surface area contributed by atoms with Crippen molar-refractivity contribution in [2.24, 2.45) is 0 Å². The number of pyridine rings is 2. The first kappa shape index (κ1) is 22.4. The lowest BCUT2D eigenvalue weighted by Crippen LogP contribution is -1.97. The molecule has 0 N–H and O–H groups in total. The van der Waals surface area contributed by atoms with Crippen LogP contribution in [0, 0.1) is 0 Å². The van der Waals surface area contributed by atoms with Crippen LogP contribution in [0.15, 0.2) is 134 Å². The third-order valence-corrected chi connectivity index (χ3v) is 7.37. The zero-order chi connectivity index (χ0) is 26.5. The number of fused-ring (bicyclic) bond motifs is 5. The predicted octanol–water partition coefficient (Wildman–Crippen LogP) is 7.64. The quantitative estimate of drug-likeness (QED) is 0.242. The van der Waals surface area contributed by atoms with E-state index in [1.807, 2.05) is 59.5 Å². The minimum atomic E-state index is 0.847. The van der Waals surface area contributed by atoms with Gasteiger partial charge in [0.05, 0.1) is 33.6 Å². The first-order valence-corrected chi connectivity index (χ1v) is 13.2. The standard InChI is InChI=1S/C34H22N6/c1-2-16-31-27(13-1)28-17-18-32-33(34(28)39(31)25-11-7-9-23(21-25)29-14-3-5-19-35-29)37-38-40(32)26-12-8-10-24(22-26)30-15-4-6-20-36-30/h1-22H. The van der Waals surface area contributed by atoms with Crippen molar-refractivity contribution >= 4 is 32.8 Å². The fourth-order valence-corrected chi connectivity index (χ4v) is 5.56. The zero-order valence-corrected chi connectivity index (χ0v) is 21.4. The fraction of sp³-hybridized carbons (Fsp3) is 0. The van der Waals surface area contributed by atoms with Crippen molar-refractivity contribution < 1.29 is 0 Å². The molecule has 8 aromatic rings. The lowest BCUT2D eigenvalue weighted by molar-refractivity contribution is 0.824. The van der Waals surface area contributed by atoms with Gasteiger partial charge in [-0.05, 0) is 66.7 Å². The Bertz CT molecular complexity index is 2160. The molecule has 0 fully saturated rings. The van der Waals surface area contributed by atoms with Crippen molar-refractivity contribution in [2.45, 2.75) is 0 Å². The molecule has 0 saturated carbocycles. The van der Waals surface area contributed by atoms with E-state index in [-0.39, 0.29) is 0 Å². The van der Waals surface area contributed by atoms with Gasteiger partial charge in [-0.1, -0.05) is 59.8 Å². The van der Waals surface area contributed by atoms with E-state index in [1.54, 1.807) is 0 Å². The highest BCUT2D eigenvalue weighted by Crippen LogP contribution is 2.37. The molecule has 0 aliphatic carbocycles. The molecule has 188 valence electrons. The molecule has 0 aliphatic heterocycles. The Morgan fingerprint density at radius 3 is 1.90 bits per heavy atom. The van der Waals surface area contributed by atoms with Crippen LogP contribution in [0.25, 0.3) is 66.7 Å². The van der Waals surface area contributed by atoms with E-state index >= 15 is 0 Å². The first-order valence-electron chi connectivity index (χ1n) is 13.2. The van der Waals surface area contributed by atoms with Gasteiger partial charge in [0, 0.05) is 40.0 Å². The Kier molecular flexibility index (Phi) is 5.03. The summed E-state index contributed by atoms with van der Waals surface area (Å²) in [7, 11) is 0. The highest BCUT2D eigenvalue weighted by Gasteiger charge is 2.19. The molecule has 0 aliphatic rings. The van der Waals surface area contributed by atoms with Gasteiger partial charge in [-0.25, -0.2) is 4.68 Å². The molecule has 6 nitrogen and oxygen atoms in total. The normalized spacial score (nSPS) is 11.5. The number of para-hydroxylation sites is 1. The predicted molar refractivity (Wildman–Crippen MR) is 160 cm³/mol. The van der Waals surface area contributed by atoms with E-state index in [1.165, 1.54) is 5.39 Å². The summed E-state index contributed by atoms with van der Waals surface area (Å²) >= 11 is 0. The fourth-order valence-electron chi connectivity index (χ4n) is 5.56. The van der Waals surface area contributed by atoms with Crippen molar-refractivity contribution in [3.05, 3.63) is 134 Å². The van der Waals surface area contributed by atoms with Gasteiger partial charge in [-0.3, -0.25) is 9.97 Å². The molecule has 0 atom stereocenters. The highest BCUT2D eigenvalue weighted by molar-refractivity contribution is 6.17. The molecule has 0 bridgehead atoms. The summed E-state index contributed by atoms with van der Waals surface area (Å²) in [5.74, 6) is 0. The third kappa shape index (κ3) is 3.50. The van der Waals surface area contributed by atoms with E-state index < -0.39 is 0 Å². The summed E-state index contributed by atoms with van der Waals surface area (Å²) < 4.78 is 4.20. The molecule has 0 saturated heterocycles. The summed E-state index contributed by atoms with van der Waals surface area (Å²) in [6.07, 6.45) is 3.64. The van der Waals surface area contributed by atoms with Gasteiger partial charge in [0.25, 0.3) is 0 Å². The van der Waals surface area contributed by atoms with Gasteiger partial charge < -0.3 is 4.57 Å². The van der Waals surface area contributed by atoms with Crippen LogP contribution in [-0.2, 0) is 0 Å². The van der Waals surface area contributed by atoms with E-state index in [4.69, 9.17) is 5.10 Å². The maximum Gasteiger partial charge on any atom is 0.138 e. The SMILES string of the molecule is c1ccc(-c2cccc(-n3nnc4c3ccc3c5ccccc5n(-c5cccc(-c6ccccn6)c5)c34)c2)nc1. The van der Waals surface area contributed by atoms with Gasteiger partial charge in [0.1, 0.15) is 5.52 Å². The minimum absolute atomic E-state index is 0.847. The van der Waals surface area contributed by atoms with Crippen LogP contribution < -0.4 is 0 Å². The Labute approximate surface area is 229 Å². The highest BCUT2D eigenvalue weighted by atomic mass is 15.4. The minimum Gasteiger partial charge on any atom is -0.307 e. The van der Waals surface area contributed by atoms with Gasteiger partial charge in [0.15, 0.2) is 0 Å². The van der Waals surface area contributed by atoms with Gasteiger partial charge in [-0.2, -0.15) is 0 Å². The van der Waals surface area contributed by atoms with Crippen molar-refractivity contribution in [3.63, 3.8) is 0 Å². The number of rotatable bonds is 4. The average molecular weight is 515 g/mol. The summed E-state index contributed by atoms with van der Waals surface area (Å²) in [6.45, 7) is 0. The van der Waals surface area contributed by atoms with Crippen molar-refractivity contribution in [1.29, 1.82) is 0 Å². The zero-order valence-electron chi connectivity index (χ0n) is 21.4. The van der Waals surface area contributed by atoms with Gasteiger partial charge in [0.2, 0.25) is 0 Å². The first-order chi connectivity index (χ1) is 19.8. The molecule has 4 aromatic heterocycles. The second-order valence-corrected chi connectivity index (χ2v) is 9.71. The topological polar surface area (TPSA) is 61.4 Å². The number of nitrogens with zero attached hydrogens (tertiary/aromatic N) is 6. The Balaban J connectivity index is 1.37. The van der Waals surface area contributed by atoms with Crippen LogP contribution >= 0.6 is 0 Å². The molecule has 40 heavy (non-hydrogen) atoms. The van der Waals surface area contributed by atoms with Crippen LogP contribution in [0.4, 0.5) is 0 Å². The second kappa shape index (κ2) is 8.99. The Morgan fingerprint density at radius 2 is 1.18 bits per heavy atom. The molecule has 0 amide bonds. The summed E-state index contributed by atoms with van der Waals surface area (Å²) in [6, 6.07) is 41.5. The number of hydrogen-bond donors (Lipinski definition) is 0. The average Bonchev–Trinajstić information content (AvgIpc) is 3.62. The van der Waals surface area contributed by atoms with Crippen LogP contribution in [0.5, 0.6) is 0 Å². The number of benzene rings is 4. The van der Waals surface area contributed by atoms with E-state index in [0.717, 1.165) is 61.3 Å². The van der Waals surface area contributed by atoms with Gasteiger partial charge >= 0.3 is 0 Å². The molecule has 0 unspecified atom stereocenters. The number of hydrogen-bond acceptors (Lipinski definition) is 4. The monoisotopic (exact) mass is 514 g/mol. The van der Waals surface area contributed by atoms with Crippen molar-refractivity contribution in [1.82, 2.24) is 29.5 Å². The van der Waals surface area contributed by atoms with Crippen molar-refractivity contribution in [2.75, 3.05) is 0 Å². The van der Waals surface area contributed by atoms with Crippen LogP contribution in [0.3, 0.4) is 0 Å². The lowest BCUT2D eigenvalue weighted by atomic mass is 10.1. The summed E-state index contributed by atoms with van der Waals surface area (Å²) in [4.78, 5) is 9.09. The van der Waals surface area contributed by atoms with Crippen molar-refractivity contribution in [3.8, 4) is 33.9 Å². The van der Waals surface area contributed by atoms with Crippen LogP contribution in [-0.4, -0.2) is 29.5 Å². The van der Waals surface area contributed by atoms with E-state index in [0.29, 0.717) is 0 Å². The molecule has 6 heteroatoms. The summed E-state index contributed by atoms with van der Waals surface area (Å²) in [5.41, 5.74) is 9.88. The molecular weight excluding hydrogens is 492 g/mol. The maximum atomic E-state index is 4.75. The smallest absolute Gasteiger partial charge is 0.138 e. The maximum absolute atomic E-state index is 4.75. The van der Waals surface area contributed by atoms with E-state index in [2.05, 4.69) is 98.6 Å². The molecule has 0 radical (unpaired) electrons. The second-order valence-electron chi connectivity index (χ2n) is 9.71. The number of aromatic nitrogens is 6. The lowest BCUT2D eigenvalue weighted by Gasteiger charge is -2.10. The van der Waals surface area contributed by atoms with Crippen LogP contribution in [0.1, 0.15) is 0 Å². The molecule has 4 heterocycles. The molecular formula is C34H22N6. The molecule has 0 spiro atoms. The van der Waals surface area contributed by atoms with E-state index in [9.17, 15) is 0 Å².